The Labute approximate surface area is 98.7 Å². The van der Waals surface area contributed by atoms with Crippen LogP contribution in [0.2, 0.25) is 0 Å². The first kappa shape index (κ1) is 11.8. The van der Waals surface area contributed by atoms with E-state index in [2.05, 4.69) is 10.6 Å². The molecule has 2 heterocycles. The second kappa shape index (κ2) is 4.33. The normalized spacial score (nSPS) is 22.5. The third-order valence-electron chi connectivity index (χ3n) is 3.34. The summed E-state index contributed by atoms with van der Waals surface area (Å²) >= 11 is 0. The number of carbonyl (C=O) groups is 3. The van der Waals surface area contributed by atoms with Crippen LogP contribution in [0.5, 0.6) is 0 Å². The minimum atomic E-state index is -0.809. The van der Waals surface area contributed by atoms with Crippen LogP contribution >= 0.6 is 0 Å². The van der Waals surface area contributed by atoms with Gasteiger partial charge in [0, 0.05) is 26.1 Å². The zero-order valence-electron chi connectivity index (χ0n) is 9.49. The van der Waals surface area contributed by atoms with Crippen molar-refractivity contribution in [1.82, 2.24) is 15.5 Å². The van der Waals surface area contributed by atoms with E-state index >= 15 is 0 Å². The van der Waals surface area contributed by atoms with E-state index in [4.69, 9.17) is 5.73 Å². The predicted molar refractivity (Wildman–Crippen MR) is 58.9 cm³/mol. The lowest BCUT2D eigenvalue weighted by molar-refractivity contribution is -0.135. The van der Waals surface area contributed by atoms with Gasteiger partial charge in [-0.1, -0.05) is 0 Å². The number of imide groups is 1. The summed E-state index contributed by atoms with van der Waals surface area (Å²) in [5.74, 6) is -0.277. The number of likely N-dealkylation sites (tertiary alicyclic amines) is 1. The molecule has 0 aromatic rings. The van der Waals surface area contributed by atoms with E-state index in [1.807, 2.05) is 0 Å². The molecule has 4 amide bonds. The number of nitrogens with one attached hydrogen (secondary N) is 2. The first-order valence-corrected chi connectivity index (χ1v) is 5.69. The van der Waals surface area contributed by atoms with E-state index in [1.54, 1.807) is 4.90 Å². The molecule has 0 bridgehead atoms. The van der Waals surface area contributed by atoms with Crippen LogP contribution in [0.15, 0.2) is 0 Å². The van der Waals surface area contributed by atoms with Crippen LogP contribution in [-0.4, -0.2) is 47.9 Å². The summed E-state index contributed by atoms with van der Waals surface area (Å²) in [4.78, 5) is 36.0. The lowest BCUT2D eigenvalue weighted by Gasteiger charge is -2.36. The summed E-state index contributed by atoms with van der Waals surface area (Å²) in [7, 11) is 0. The molecule has 0 unspecified atom stereocenters. The minimum Gasteiger partial charge on any atom is -0.342 e. The van der Waals surface area contributed by atoms with Crippen molar-refractivity contribution in [3.8, 4) is 0 Å². The Morgan fingerprint density at radius 3 is 2.47 bits per heavy atom. The van der Waals surface area contributed by atoms with Gasteiger partial charge in [-0.15, -0.1) is 0 Å². The number of nitrogens with two attached hydrogens (primary N) is 1. The molecule has 94 valence electrons. The second-order valence-electron chi connectivity index (χ2n) is 4.41. The fraction of sp³-hybridized carbons (Fsp3) is 0.700. The molecule has 2 fully saturated rings. The van der Waals surface area contributed by atoms with E-state index in [-0.39, 0.29) is 11.8 Å². The number of piperidine rings is 1. The summed E-state index contributed by atoms with van der Waals surface area (Å²) in [6.07, 6.45) is 1.24. The summed E-state index contributed by atoms with van der Waals surface area (Å²) in [5, 5.41) is 4.88. The van der Waals surface area contributed by atoms with Crippen molar-refractivity contribution in [2.45, 2.75) is 24.8 Å². The van der Waals surface area contributed by atoms with Crippen LogP contribution in [0, 0.1) is 0 Å². The Kier molecular flexibility index (Phi) is 3.01. The van der Waals surface area contributed by atoms with Crippen LogP contribution in [0.4, 0.5) is 4.79 Å². The van der Waals surface area contributed by atoms with Crippen LogP contribution < -0.4 is 16.4 Å². The molecule has 0 atom stereocenters. The lowest BCUT2D eigenvalue weighted by atomic mass is 9.87. The van der Waals surface area contributed by atoms with Gasteiger partial charge in [0.1, 0.15) is 5.54 Å². The van der Waals surface area contributed by atoms with Crippen LogP contribution in [0.3, 0.4) is 0 Å². The van der Waals surface area contributed by atoms with Crippen molar-refractivity contribution in [3.63, 3.8) is 0 Å². The van der Waals surface area contributed by atoms with Gasteiger partial charge in [-0.2, -0.15) is 0 Å². The van der Waals surface area contributed by atoms with Crippen molar-refractivity contribution in [2.75, 3.05) is 19.6 Å². The van der Waals surface area contributed by atoms with Gasteiger partial charge in [0.25, 0.3) is 5.91 Å². The third kappa shape index (κ3) is 2.10. The zero-order valence-corrected chi connectivity index (χ0v) is 9.49. The number of nitrogens with zero attached hydrogens (tertiary/aromatic N) is 1. The molecule has 17 heavy (non-hydrogen) atoms. The van der Waals surface area contributed by atoms with Gasteiger partial charge < -0.3 is 16.0 Å². The van der Waals surface area contributed by atoms with Gasteiger partial charge in [-0.25, -0.2) is 4.79 Å². The van der Waals surface area contributed by atoms with Crippen molar-refractivity contribution in [1.29, 1.82) is 0 Å². The maximum absolute atomic E-state index is 11.6. The Bertz CT molecular complexity index is 361. The number of carbonyl (C=O) groups excluding carboxylic acids is 3. The largest absolute Gasteiger partial charge is 0.342 e. The molecule has 2 rings (SSSR count). The van der Waals surface area contributed by atoms with Crippen molar-refractivity contribution in [3.05, 3.63) is 0 Å². The van der Waals surface area contributed by atoms with Gasteiger partial charge in [-0.3, -0.25) is 14.9 Å². The Balaban J connectivity index is 1.96. The molecular formula is C10H16N4O3. The highest BCUT2D eigenvalue weighted by molar-refractivity contribution is 6.07. The molecule has 4 N–H and O–H groups in total. The topological polar surface area (TPSA) is 105 Å². The lowest BCUT2D eigenvalue weighted by Crippen LogP contribution is -2.55. The highest BCUT2D eigenvalue weighted by Crippen LogP contribution is 2.25. The Morgan fingerprint density at radius 2 is 2.00 bits per heavy atom. The van der Waals surface area contributed by atoms with Gasteiger partial charge >= 0.3 is 6.03 Å². The summed E-state index contributed by atoms with van der Waals surface area (Å²) < 4.78 is 0. The van der Waals surface area contributed by atoms with Gasteiger partial charge in [0.2, 0.25) is 5.91 Å². The molecule has 2 saturated heterocycles. The average Bonchev–Trinajstić information content (AvgIpc) is 2.55. The molecule has 0 aromatic carbocycles. The molecule has 0 aromatic heterocycles. The highest BCUT2D eigenvalue weighted by atomic mass is 16.2. The van der Waals surface area contributed by atoms with Gasteiger partial charge in [0.15, 0.2) is 0 Å². The van der Waals surface area contributed by atoms with Crippen molar-refractivity contribution in [2.24, 2.45) is 5.73 Å². The predicted octanol–water partition coefficient (Wildman–Crippen LogP) is -1.46. The zero-order chi connectivity index (χ0) is 12.5. The molecular weight excluding hydrogens is 224 g/mol. The van der Waals surface area contributed by atoms with E-state index < -0.39 is 11.6 Å². The maximum atomic E-state index is 11.6. The van der Waals surface area contributed by atoms with Crippen molar-refractivity contribution < 1.29 is 14.4 Å². The second-order valence-corrected chi connectivity index (χ2v) is 4.41. The number of amides is 4. The molecule has 2 aliphatic heterocycles. The highest BCUT2D eigenvalue weighted by Gasteiger charge is 2.48. The van der Waals surface area contributed by atoms with E-state index in [0.717, 1.165) is 0 Å². The summed E-state index contributed by atoms with van der Waals surface area (Å²) in [5.41, 5.74) is 4.51. The SMILES string of the molecule is NCCC(=O)N1CCC2(CC1)NC(=O)NC2=O. The quantitative estimate of drug-likeness (QED) is 0.513. The molecule has 0 saturated carbocycles. The van der Waals surface area contributed by atoms with Crippen molar-refractivity contribution >= 4 is 17.8 Å². The Hall–Kier alpha value is -1.63. The van der Waals surface area contributed by atoms with E-state index in [0.29, 0.717) is 38.9 Å². The van der Waals surface area contributed by atoms with Gasteiger partial charge in [0.05, 0.1) is 0 Å². The number of rotatable bonds is 2. The first-order valence-electron chi connectivity index (χ1n) is 5.69. The molecule has 7 nitrogen and oxygen atoms in total. The van der Waals surface area contributed by atoms with Gasteiger partial charge in [-0.05, 0) is 12.8 Å². The minimum absolute atomic E-state index is 0.00656. The number of urea groups is 1. The molecule has 7 heteroatoms. The number of hydrogen-bond acceptors (Lipinski definition) is 4. The average molecular weight is 240 g/mol. The van der Waals surface area contributed by atoms with E-state index in [1.165, 1.54) is 0 Å². The smallest absolute Gasteiger partial charge is 0.322 e. The first-order chi connectivity index (χ1) is 8.07. The fourth-order valence-electron chi connectivity index (χ4n) is 2.30. The van der Waals surface area contributed by atoms with E-state index in [9.17, 15) is 14.4 Å². The third-order valence-corrected chi connectivity index (χ3v) is 3.34. The summed E-state index contributed by atoms with van der Waals surface area (Å²) in [6.45, 7) is 1.29. The van der Waals surface area contributed by atoms with Crippen LogP contribution in [0.25, 0.3) is 0 Å². The fourth-order valence-corrected chi connectivity index (χ4v) is 2.30. The summed E-state index contributed by atoms with van der Waals surface area (Å²) in [6, 6.07) is -0.447. The molecule has 0 aliphatic carbocycles. The number of hydrogen-bond donors (Lipinski definition) is 3. The van der Waals surface area contributed by atoms with Crippen LogP contribution in [-0.2, 0) is 9.59 Å². The standard InChI is InChI=1S/C10H16N4O3/c11-4-1-7(15)14-5-2-10(3-6-14)8(16)12-9(17)13-10/h1-6,11H2,(H2,12,13,16,17). The maximum Gasteiger partial charge on any atom is 0.322 e. The molecule has 0 radical (unpaired) electrons. The van der Waals surface area contributed by atoms with Crippen LogP contribution in [0.1, 0.15) is 19.3 Å². The molecule has 1 spiro atoms. The monoisotopic (exact) mass is 240 g/mol. The molecule has 2 aliphatic rings. The Morgan fingerprint density at radius 1 is 1.35 bits per heavy atom.